The lowest BCUT2D eigenvalue weighted by atomic mass is 9.99. The average molecular weight is 478 g/mol. The largest absolute Gasteiger partial charge is 0.371 e. The summed E-state index contributed by atoms with van der Waals surface area (Å²) >= 11 is 6.36. The lowest BCUT2D eigenvalue weighted by Crippen LogP contribution is -2.44. The summed E-state index contributed by atoms with van der Waals surface area (Å²) in [5.41, 5.74) is 0.687. The van der Waals surface area contributed by atoms with Crippen LogP contribution in [0.5, 0.6) is 0 Å². The second-order valence-corrected chi connectivity index (χ2v) is 9.40. The summed E-state index contributed by atoms with van der Waals surface area (Å²) in [7, 11) is 0. The summed E-state index contributed by atoms with van der Waals surface area (Å²) in [4.78, 5) is 21.2. The van der Waals surface area contributed by atoms with E-state index in [1.165, 1.54) is 12.3 Å². The molecule has 3 N–H and O–H groups in total. The van der Waals surface area contributed by atoms with Crippen molar-refractivity contribution in [2.75, 3.05) is 43.5 Å². The molecular weight excluding hydrogens is 449 g/mol. The van der Waals surface area contributed by atoms with E-state index >= 15 is 0 Å². The molecule has 2 fully saturated rings. The fourth-order valence-electron chi connectivity index (χ4n) is 3.78. The highest BCUT2D eigenvalue weighted by Gasteiger charge is 2.28. The fourth-order valence-corrected chi connectivity index (χ4v) is 3.98. The molecular formula is C23H29ClFN5O3. The minimum atomic E-state index is -0.487. The van der Waals surface area contributed by atoms with Gasteiger partial charge >= 0.3 is 0 Å². The molecule has 2 aromatic heterocycles. The van der Waals surface area contributed by atoms with Crippen LogP contribution in [0.1, 0.15) is 26.7 Å². The van der Waals surface area contributed by atoms with Crippen LogP contribution in [-0.4, -0.2) is 60.4 Å². The average Bonchev–Trinajstić information content (AvgIpc) is 2.81. The molecule has 2 aromatic rings. The van der Waals surface area contributed by atoms with Gasteiger partial charge in [0.15, 0.2) is 11.6 Å². The predicted octanol–water partition coefficient (Wildman–Crippen LogP) is 3.48. The number of carbonyl (C=O) groups is 1. The van der Waals surface area contributed by atoms with Crippen molar-refractivity contribution in [3.8, 4) is 11.3 Å². The maximum Gasteiger partial charge on any atom is 0.229 e. The van der Waals surface area contributed by atoms with Gasteiger partial charge in [-0.15, -0.1) is 0 Å². The predicted molar refractivity (Wildman–Crippen MR) is 125 cm³/mol. The Kier molecular flexibility index (Phi) is 7.43. The summed E-state index contributed by atoms with van der Waals surface area (Å²) in [5.74, 6) is -0.209. The van der Waals surface area contributed by atoms with Crippen LogP contribution in [0.4, 0.5) is 16.0 Å². The SMILES string of the molecule is CC1(C)COC(CNc2nc(-c3cc(NC(=O)[C@@H]4CCCNC4)ncc3Cl)ccc2F)CO1. The Hall–Kier alpha value is -2.33. The lowest BCUT2D eigenvalue weighted by molar-refractivity contribution is -0.170. The van der Waals surface area contributed by atoms with Crippen LogP contribution < -0.4 is 16.0 Å². The third-order valence-electron chi connectivity index (χ3n) is 5.72. The van der Waals surface area contributed by atoms with Crippen LogP contribution in [0.3, 0.4) is 0 Å². The maximum absolute atomic E-state index is 14.4. The molecule has 4 rings (SSSR count). The first-order chi connectivity index (χ1) is 15.8. The van der Waals surface area contributed by atoms with Gasteiger partial charge in [0.05, 0.1) is 41.6 Å². The van der Waals surface area contributed by atoms with E-state index in [9.17, 15) is 9.18 Å². The zero-order valence-electron chi connectivity index (χ0n) is 18.8. The smallest absolute Gasteiger partial charge is 0.229 e. The van der Waals surface area contributed by atoms with Crippen molar-refractivity contribution >= 4 is 29.1 Å². The number of nitrogens with one attached hydrogen (secondary N) is 3. The molecule has 0 radical (unpaired) electrons. The summed E-state index contributed by atoms with van der Waals surface area (Å²) in [5, 5.41) is 9.43. The minimum Gasteiger partial charge on any atom is -0.371 e. The van der Waals surface area contributed by atoms with Crippen molar-refractivity contribution in [2.24, 2.45) is 5.92 Å². The number of ether oxygens (including phenoxy) is 2. The van der Waals surface area contributed by atoms with Gasteiger partial charge < -0.3 is 25.4 Å². The molecule has 0 aromatic carbocycles. The number of piperidine rings is 1. The highest BCUT2D eigenvalue weighted by atomic mass is 35.5. The third kappa shape index (κ3) is 6.17. The first kappa shape index (κ1) is 23.8. The Morgan fingerprint density at radius 1 is 1.39 bits per heavy atom. The molecule has 2 atom stereocenters. The van der Waals surface area contributed by atoms with Crippen molar-refractivity contribution < 1.29 is 18.7 Å². The zero-order valence-corrected chi connectivity index (χ0v) is 19.5. The number of amides is 1. The number of anilines is 2. The molecule has 2 aliphatic heterocycles. The molecule has 1 unspecified atom stereocenters. The summed E-state index contributed by atoms with van der Waals surface area (Å²) in [6.45, 7) is 6.73. The van der Waals surface area contributed by atoms with Crippen molar-refractivity contribution in [3.05, 3.63) is 35.2 Å². The molecule has 0 saturated carbocycles. The Morgan fingerprint density at radius 2 is 2.24 bits per heavy atom. The number of nitrogens with zero attached hydrogens (tertiary/aromatic N) is 2. The Bertz CT molecular complexity index is 990. The number of rotatable bonds is 6. The Morgan fingerprint density at radius 3 is 2.97 bits per heavy atom. The number of aromatic nitrogens is 2. The first-order valence-electron chi connectivity index (χ1n) is 11.1. The van der Waals surface area contributed by atoms with E-state index in [4.69, 9.17) is 21.1 Å². The topological polar surface area (TPSA) is 97.4 Å². The molecule has 0 bridgehead atoms. The zero-order chi connectivity index (χ0) is 23.4. The van der Waals surface area contributed by atoms with Gasteiger partial charge in [-0.05, 0) is 51.4 Å². The number of pyridine rings is 2. The molecule has 2 saturated heterocycles. The second kappa shape index (κ2) is 10.3. The van der Waals surface area contributed by atoms with Gasteiger partial charge in [-0.2, -0.15) is 0 Å². The van der Waals surface area contributed by atoms with Gasteiger partial charge in [-0.25, -0.2) is 14.4 Å². The Balaban J connectivity index is 1.45. The molecule has 1 amide bonds. The summed E-state index contributed by atoms with van der Waals surface area (Å²) in [6, 6.07) is 4.52. The van der Waals surface area contributed by atoms with Crippen LogP contribution in [0, 0.1) is 11.7 Å². The summed E-state index contributed by atoms with van der Waals surface area (Å²) in [6.07, 6.45) is 3.05. The van der Waals surface area contributed by atoms with E-state index in [0.29, 0.717) is 48.4 Å². The van der Waals surface area contributed by atoms with Gasteiger partial charge in [0.25, 0.3) is 0 Å². The van der Waals surface area contributed by atoms with Crippen LogP contribution in [0.15, 0.2) is 24.4 Å². The number of halogens is 2. The van der Waals surface area contributed by atoms with Crippen molar-refractivity contribution in [1.29, 1.82) is 0 Å². The van der Waals surface area contributed by atoms with Crippen molar-refractivity contribution in [3.63, 3.8) is 0 Å². The van der Waals surface area contributed by atoms with Crippen LogP contribution >= 0.6 is 11.6 Å². The van der Waals surface area contributed by atoms with Crippen LogP contribution in [0.25, 0.3) is 11.3 Å². The molecule has 8 nitrogen and oxygen atoms in total. The monoisotopic (exact) mass is 477 g/mol. The highest BCUT2D eigenvalue weighted by molar-refractivity contribution is 6.33. The quantitative estimate of drug-likeness (QED) is 0.586. The molecule has 2 aliphatic rings. The Labute approximate surface area is 197 Å². The maximum atomic E-state index is 14.4. The van der Waals surface area contributed by atoms with E-state index in [-0.39, 0.29) is 29.3 Å². The second-order valence-electron chi connectivity index (χ2n) is 8.99. The number of hydrogen-bond acceptors (Lipinski definition) is 7. The molecule has 0 spiro atoms. The third-order valence-corrected chi connectivity index (χ3v) is 6.02. The van der Waals surface area contributed by atoms with Crippen LogP contribution in [-0.2, 0) is 14.3 Å². The van der Waals surface area contributed by atoms with E-state index in [1.807, 2.05) is 13.8 Å². The summed E-state index contributed by atoms with van der Waals surface area (Å²) < 4.78 is 25.9. The first-order valence-corrected chi connectivity index (χ1v) is 11.5. The van der Waals surface area contributed by atoms with E-state index < -0.39 is 5.82 Å². The van der Waals surface area contributed by atoms with E-state index in [1.54, 1.807) is 12.1 Å². The van der Waals surface area contributed by atoms with E-state index in [0.717, 1.165) is 19.4 Å². The van der Waals surface area contributed by atoms with Gasteiger partial charge in [0, 0.05) is 24.8 Å². The number of carbonyl (C=O) groups excluding carboxylic acids is 1. The van der Waals surface area contributed by atoms with Gasteiger partial charge in [-0.3, -0.25) is 4.79 Å². The fraction of sp³-hybridized carbons (Fsp3) is 0.522. The molecule has 178 valence electrons. The van der Waals surface area contributed by atoms with Crippen molar-refractivity contribution in [2.45, 2.75) is 38.4 Å². The molecule has 33 heavy (non-hydrogen) atoms. The van der Waals surface area contributed by atoms with Gasteiger partial charge in [-0.1, -0.05) is 11.6 Å². The minimum absolute atomic E-state index is 0.0877. The molecule has 10 heteroatoms. The van der Waals surface area contributed by atoms with Crippen molar-refractivity contribution in [1.82, 2.24) is 15.3 Å². The molecule has 0 aliphatic carbocycles. The number of hydrogen-bond donors (Lipinski definition) is 3. The highest BCUT2D eigenvalue weighted by Crippen LogP contribution is 2.30. The normalized spacial score (nSPS) is 22.5. The lowest BCUT2D eigenvalue weighted by Gasteiger charge is -2.35. The van der Waals surface area contributed by atoms with Gasteiger partial charge in [0.1, 0.15) is 5.82 Å². The van der Waals surface area contributed by atoms with Crippen LogP contribution in [0.2, 0.25) is 5.02 Å². The molecule has 4 heterocycles. The standard InChI is InChI=1S/C23H29ClFN5O3/c1-23(2)13-32-15(12-33-23)10-28-21-18(25)5-6-19(29-21)16-8-20(27-11-17(16)24)30-22(31)14-4-3-7-26-9-14/h5-6,8,11,14-15,26H,3-4,7,9-10,12-13H2,1-2H3,(H,28,29)(H,27,30,31)/t14-,15?/m1/s1. The van der Waals surface area contributed by atoms with E-state index in [2.05, 4.69) is 25.9 Å². The van der Waals surface area contributed by atoms with Gasteiger partial charge in [0.2, 0.25) is 5.91 Å².